The van der Waals surface area contributed by atoms with Gasteiger partial charge in [-0.2, -0.15) is 0 Å². The molecule has 6 nitrogen and oxygen atoms in total. The summed E-state index contributed by atoms with van der Waals surface area (Å²) in [7, 11) is 0. The van der Waals surface area contributed by atoms with Crippen LogP contribution in [0.3, 0.4) is 0 Å². The highest BCUT2D eigenvalue weighted by molar-refractivity contribution is 6.03. The lowest BCUT2D eigenvalue weighted by Crippen LogP contribution is -2.27. The fraction of sp³-hybridized carbons (Fsp3) is 0.538. The van der Waals surface area contributed by atoms with E-state index in [4.69, 9.17) is 9.47 Å². The number of esters is 1. The summed E-state index contributed by atoms with van der Waals surface area (Å²) in [6, 6.07) is 0. The van der Waals surface area contributed by atoms with E-state index in [1.54, 1.807) is 20.0 Å². The quantitative estimate of drug-likeness (QED) is 0.811. The predicted molar refractivity (Wildman–Crippen MR) is 69.1 cm³/mol. The fourth-order valence-electron chi connectivity index (χ4n) is 2.09. The average molecular weight is 266 g/mol. The lowest BCUT2D eigenvalue weighted by molar-refractivity contribution is -0.124. The Morgan fingerprint density at radius 2 is 2.37 bits per heavy atom. The van der Waals surface area contributed by atoms with Crippen molar-refractivity contribution in [2.45, 2.75) is 32.8 Å². The Morgan fingerprint density at radius 3 is 3.00 bits per heavy atom. The van der Waals surface area contributed by atoms with Crippen LogP contribution in [-0.4, -0.2) is 36.2 Å². The Bertz CT molecular complexity index is 475. The van der Waals surface area contributed by atoms with Crippen molar-refractivity contribution in [1.82, 2.24) is 4.98 Å². The van der Waals surface area contributed by atoms with E-state index >= 15 is 0 Å². The summed E-state index contributed by atoms with van der Waals surface area (Å²) in [5.74, 6) is -0.661. The molecule has 2 heterocycles. The molecule has 1 aromatic heterocycles. The number of hydrogen-bond acceptors (Lipinski definition) is 4. The van der Waals surface area contributed by atoms with Gasteiger partial charge in [-0.25, -0.2) is 4.79 Å². The molecule has 1 aromatic rings. The molecule has 0 bridgehead atoms. The lowest BCUT2D eigenvalue weighted by atomic mass is 10.2. The zero-order chi connectivity index (χ0) is 13.8. The maximum atomic E-state index is 12.0. The number of carbonyl (C=O) groups is 2. The van der Waals surface area contributed by atoms with Crippen molar-refractivity contribution < 1.29 is 19.1 Å². The van der Waals surface area contributed by atoms with Gasteiger partial charge in [-0.3, -0.25) is 4.79 Å². The maximum absolute atomic E-state index is 12.0. The minimum atomic E-state index is -0.441. The minimum Gasteiger partial charge on any atom is -0.462 e. The molecule has 1 atom stereocenters. The van der Waals surface area contributed by atoms with Crippen LogP contribution >= 0.6 is 0 Å². The summed E-state index contributed by atoms with van der Waals surface area (Å²) >= 11 is 0. The summed E-state index contributed by atoms with van der Waals surface area (Å²) in [6.07, 6.45) is 2.76. The Labute approximate surface area is 111 Å². The van der Waals surface area contributed by atoms with Crippen molar-refractivity contribution in [3.05, 3.63) is 17.5 Å². The van der Waals surface area contributed by atoms with Gasteiger partial charge in [-0.1, -0.05) is 0 Å². The smallest absolute Gasteiger partial charge is 0.342 e. The standard InChI is InChI=1S/C13H18N2O4/c1-3-18-13(17)11-8(2)14-7-9(11)15-12(16)10-5-4-6-19-10/h7,10,14H,3-6H2,1-2H3,(H,15,16)/t10-/m1/s1. The molecule has 2 rings (SSSR count). The van der Waals surface area contributed by atoms with Gasteiger partial charge in [0.25, 0.3) is 5.91 Å². The molecule has 104 valence electrons. The number of ether oxygens (including phenoxy) is 2. The molecule has 1 saturated heterocycles. The Hall–Kier alpha value is -1.82. The van der Waals surface area contributed by atoms with Crippen LogP contribution in [0.2, 0.25) is 0 Å². The molecule has 19 heavy (non-hydrogen) atoms. The number of amides is 1. The van der Waals surface area contributed by atoms with Crippen molar-refractivity contribution in [1.29, 1.82) is 0 Å². The third kappa shape index (κ3) is 2.96. The normalized spacial score (nSPS) is 18.3. The van der Waals surface area contributed by atoms with Gasteiger partial charge in [-0.05, 0) is 26.7 Å². The van der Waals surface area contributed by atoms with Crippen LogP contribution in [0.15, 0.2) is 6.20 Å². The first-order valence-electron chi connectivity index (χ1n) is 6.41. The molecule has 0 aliphatic carbocycles. The number of nitrogens with one attached hydrogen (secondary N) is 2. The first kappa shape index (κ1) is 13.6. The van der Waals surface area contributed by atoms with Gasteiger partial charge in [0.15, 0.2) is 0 Å². The summed E-state index contributed by atoms with van der Waals surface area (Å²) in [5, 5.41) is 2.72. The molecule has 0 unspecified atom stereocenters. The third-order valence-corrected chi connectivity index (χ3v) is 3.04. The zero-order valence-corrected chi connectivity index (χ0v) is 11.1. The van der Waals surface area contributed by atoms with Gasteiger partial charge in [0.2, 0.25) is 0 Å². The molecule has 0 saturated carbocycles. The van der Waals surface area contributed by atoms with E-state index < -0.39 is 12.1 Å². The largest absolute Gasteiger partial charge is 0.462 e. The minimum absolute atomic E-state index is 0.220. The number of anilines is 1. The van der Waals surface area contributed by atoms with Crippen molar-refractivity contribution in [3.63, 3.8) is 0 Å². The molecule has 2 N–H and O–H groups in total. The molecule has 6 heteroatoms. The van der Waals surface area contributed by atoms with Crippen LogP contribution < -0.4 is 5.32 Å². The highest BCUT2D eigenvalue weighted by atomic mass is 16.5. The maximum Gasteiger partial charge on any atom is 0.342 e. The second kappa shape index (κ2) is 5.88. The highest BCUT2D eigenvalue weighted by Gasteiger charge is 2.26. The lowest BCUT2D eigenvalue weighted by Gasteiger charge is -2.11. The first-order valence-corrected chi connectivity index (χ1v) is 6.41. The van der Waals surface area contributed by atoms with Crippen LogP contribution in [-0.2, 0) is 14.3 Å². The van der Waals surface area contributed by atoms with Crippen LogP contribution in [0.25, 0.3) is 0 Å². The van der Waals surface area contributed by atoms with Gasteiger partial charge >= 0.3 is 5.97 Å². The van der Waals surface area contributed by atoms with Crippen molar-refractivity contribution in [2.24, 2.45) is 0 Å². The Balaban J connectivity index is 2.11. The molecule has 1 fully saturated rings. The fourth-order valence-corrected chi connectivity index (χ4v) is 2.09. The van der Waals surface area contributed by atoms with E-state index in [1.165, 1.54) is 0 Å². The van der Waals surface area contributed by atoms with Crippen molar-refractivity contribution in [3.8, 4) is 0 Å². The number of aryl methyl sites for hydroxylation is 1. The monoisotopic (exact) mass is 266 g/mol. The van der Waals surface area contributed by atoms with Gasteiger partial charge in [-0.15, -0.1) is 0 Å². The SMILES string of the molecule is CCOC(=O)c1c(NC(=O)[C@H]2CCCO2)c[nH]c1C. The van der Waals surface area contributed by atoms with E-state index in [2.05, 4.69) is 10.3 Å². The Kier molecular flexibility index (Phi) is 4.21. The molecule has 1 aliphatic rings. The van der Waals surface area contributed by atoms with Crippen LogP contribution in [0.5, 0.6) is 0 Å². The number of hydrogen-bond donors (Lipinski definition) is 2. The topological polar surface area (TPSA) is 80.4 Å². The summed E-state index contributed by atoms with van der Waals surface area (Å²) < 4.78 is 10.3. The molecule has 0 spiro atoms. The number of aromatic amines is 1. The summed E-state index contributed by atoms with van der Waals surface area (Å²) in [6.45, 7) is 4.40. The summed E-state index contributed by atoms with van der Waals surface area (Å²) in [5.41, 5.74) is 1.48. The number of carbonyl (C=O) groups excluding carboxylic acids is 2. The summed E-state index contributed by atoms with van der Waals surface area (Å²) in [4.78, 5) is 26.7. The van der Waals surface area contributed by atoms with Gasteiger partial charge < -0.3 is 19.8 Å². The molecular weight excluding hydrogens is 248 g/mol. The molecular formula is C13H18N2O4. The first-order chi connectivity index (χ1) is 9.13. The second-order valence-corrected chi connectivity index (χ2v) is 4.41. The van der Waals surface area contributed by atoms with E-state index in [9.17, 15) is 9.59 Å². The van der Waals surface area contributed by atoms with Crippen LogP contribution in [0, 0.1) is 6.92 Å². The predicted octanol–water partition coefficient (Wildman–Crippen LogP) is 1.62. The second-order valence-electron chi connectivity index (χ2n) is 4.41. The van der Waals surface area contributed by atoms with E-state index in [-0.39, 0.29) is 5.91 Å². The number of H-pyrrole nitrogens is 1. The van der Waals surface area contributed by atoms with Gasteiger partial charge in [0, 0.05) is 18.5 Å². The van der Waals surface area contributed by atoms with Crippen LogP contribution in [0.4, 0.5) is 5.69 Å². The zero-order valence-electron chi connectivity index (χ0n) is 11.1. The van der Waals surface area contributed by atoms with E-state index in [0.717, 1.165) is 6.42 Å². The van der Waals surface area contributed by atoms with E-state index in [1.807, 2.05) is 0 Å². The number of rotatable bonds is 4. The average Bonchev–Trinajstić information content (AvgIpc) is 2.99. The van der Waals surface area contributed by atoms with Gasteiger partial charge in [0.1, 0.15) is 11.7 Å². The van der Waals surface area contributed by atoms with Crippen LogP contribution in [0.1, 0.15) is 35.8 Å². The van der Waals surface area contributed by atoms with Crippen molar-refractivity contribution >= 4 is 17.6 Å². The highest BCUT2D eigenvalue weighted by Crippen LogP contribution is 2.22. The number of aromatic nitrogens is 1. The molecule has 1 amide bonds. The molecule has 0 radical (unpaired) electrons. The van der Waals surface area contributed by atoms with Crippen molar-refractivity contribution in [2.75, 3.05) is 18.5 Å². The van der Waals surface area contributed by atoms with Gasteiger partial charge in [0.05, 0.1) is 12.3 Å². The van der Waals surface area contributed by atoms with E-state index in [0.29, 0.717) is 36.6 Å². The third-order valence-electron chi connectivity index (χ3n) is 3.04. The molecule has 0 aromatic carbocycles. The Morgan fingerprint density at radius 1 is 1.58 bits per heavy atom. The molecule has 1 aliphatic heterocycles.